The minimum Gasteiger partial charge on any atom is -0.466 e. The van der Waals surface area contributed by atoms with Gasteiger partial charge in [0.25, 0.3) is 0 Å². The third kappa shape index (κ3) is 7.25. The molecule has 0 aliphatic rings. The van der Waals surface area contributed by atoms with Crippen molar-refractivity contribution in [3.05, 3.63) is 0 Å². The van der Waals surface area contributed by atoms with Gasteiger partial charge in [-0.25, -0.2) is 0 Å². The zero-order valence-corrected chi connectivity index (χ0v) is 7.47. The third-order valence-electron chi connectivity index (χ3n) is 1.47. The second-order valence-electron chi connectivity index (χ2n) is 2.51. The Morgan fingerprint density at radius 3 is 2.67 bits per heavy atom. The number of hydrogen-bond donors (Lipinski definition) is 0. The summed E-state index contributed by atoms with van der Waals surface area (Å²) in [7, 11) is 0. The van der Waals surface area contributed by atoms with Crippen LogP contribution in [0.15, 0.2) is 0 Å². The van der Waals surface area contributed by atoms with Gasteiger partial charge in [-0.2, -0.15) is 0 Å². The number of rotatable bonds is 7. The minimum absolute atomic E-state index is 0.146. The molecule has 0 saturated heterocycles. The van der Waals surface area contributed by atoms with Gasteiger partial charge in [-0.15, -0.1) is 0 Å². The SMILES string of the molecule is CCOC(=O)CCCCC[C]=O. The maximum atomic E-state index is 10.8. The maximum absolute atomic E-state index is 10.8. The first kappa shape index (κ1) is 11.1. The van der Waals surface area contributed by atoms with Gasteiger partial charge in [0, 0.05) is 12.8 Å². The molecular formula is C9H15O3. The topological polar surface area (TPSA) is 43.4 Å². The van der Waals surface area contributed by atoms with Gasteiger partial charge in [-0.05, 0) is 19.8 Å². The van der Waals surface area contributed by atoms with Crippen LogP contribution in [0.4, 0.5) is 0 Å². The average Bonchev–Trinajstić information content (AvgIpc) is 2.05. The number of carbonyl (C=O) groups excluding carboxylic acids is 2. The molecule has 0 aliphatic heterocycles. The molecule has 0 fully saturated rings. The Kier molecular flexibility index (Phi) is 7.65. The van der Waals surface area contributed by atoms with E-state index in [1.807, 2.05) is 6.29 Å². The molecule has 0 rings (SSSR count). The first-order valence-electron chi connectivity index (χ1n) is 4.32. The highest BCUT2D eigenvalue weighted by Crippen LogP contribution is 2.02. The van der Waals surface area contributed by atoms with Gasteiger partial charge in [0.1, 0.15) is 0 Å². The lowest BCUT2D eigenvalue weighted by Crippen LogP contribution is -2.03. The molecule has 12 heavy (non-hydrogen) atoms. The van der Waals surface area contributed by atoms with E-state index >= 15 is 0 Å². The first-order chi connectivity index (χ1) is 5.81. The minimum atomic E-state index is -0.146. The van der Waals surface area contributed by atoms with Gasteiger partial charge in [-0.1, -0.05) is 6.42 Å². The molecule has 0 spiro atoms. The Morgan fingerprint density at radius 2 is 2.08 bits per heavy atom. The Morgan fingerprint density at radius 1 is 1.33 bits per heavy atom. The molecule has 69 valence electrons. The van der Waals surface area contributed by atoms with Crippen molar-refractivity contribution in [1.82, 2.24) is 0 Å². The van der Waals surface area contributed by atoms with Crippen molar-refractivity contribution in [2.45, 2.75) is 39.0 Å². The highest BCUT2D eigenvalue weighted by molar-refractivity contribution is 5.69. The van der Waals surface area contributed by atoms with Crippen molar-refractivity contribution < 1.29 is 14.3 Å². The van der Waals surface area contributed by atoms with E-state index in [4.69, 9.17) is 4.74 Å². The fourth-order valence-electron chi connectivity index (χ4n) is 0.876. The summed E-state index contributed by atoms with van der Waals surface area (Å²) in [5.74, 6) is -0.146. The number of unbranched alkanes of at least 4 members (excludes halogenated alkanes) is 3. The Hall–Kier alpha value is -0.860. The van der Waals surface area contributed by atoms with Gasteiger partial charge >= 0.3 is 5.97 Å². The van der Waals surface area contributed by atoms with E-state index in [2.05, 4.69) is 0 Å². The lowest BCUT2D eigenvalue weighted by molar-refractivity contribution is -0.143. The van der Waals surface area contributed by atoms with Crippen LogP contribution in [-0.2, 0) is 14.3 Å². The van der Waals surface area contributed by atoms with E-state index in [-0.39, 0.29) is 5.97 Å². The van der Waals surface area contributed by atoms with Crippen LogP contribution in [-0.4, -0.2) is 18.9 Å². The molecule has 0 heterocycles. The molecule has 3 nitrogen and oxygen atoms in total. The quantitative estimate of drug-likeness (QED) is 0.431. The van der Waals surface area contributed by atoms with Gasteiger partial charge in [0.2, 0.25) is 0 Å². The van der Waals surface area contributed by atoms with E-state index < -0.39 is 0 Å². The highest BCUT2D eigenvalue weighted by Gasteiger charge is 1.99. The van der Waals surface area contributed by atoms with Crippen LogP contribution in [0, 0.1) is 0 Å². The molecule has 0 bridgehead atoms. The Labute approximate surface area is 73.1 Å². The molecule has 1 radical (unpaired) electrons. The number of ether oxygens (including phenoxy) is 1. The van der Waals surface area contributed by atoms with Crippen LogP contribution in [0.25, 0.3) is 0 Å². The van der Waals surface area contributed by atoms with Crippen molar-refractivity contribution >= 4 is 12.3 Å². The molecule has 0 aromatic rings. The molecule has 0 N–H and O–H groups in total. The van der Waals surface area contributed by atoms with Crippen molar-refractivity contribution in [2.24, 2.45) is 0 Å². The summed E-state index contributed by atoms with van der Waals surface area (Å²) in [6, 6.07) is 0. The summed E-state index contributed by atoms with van der Waals surface area (Å²) >= 11 is 0. The number of carbonyl (C=O) groups is 1. The van der Waals surface area contributed by atoms with Crippen molar-refractivity contribution in [3.63, 3.8) is 0 Å². The van der Waals surface area contributed by atoms with E-state index in [1.54, 1.807) is 6.92 Å². The largest absolute Gasteiger partial charge is 0.466 e. The van der Waals surface area contributed by atoms with Gasteiger partial charge in [-0.3, -0.25) is 9.59 Å². The standard InChI is InChI=1S/C9H15O3/c1-2-12-9(11)7-5-3-4-6-8-10/h2-7H2,1H3. The van der Waals surface area contributed by atoms with E-state index in [0.717, 1.165) is 19.3 Å². The van der Waals surface area contributed by atoms with Crippen LogP contribution < -0.4 is 0 Å². The lowest BCUT2D eigenvalue weighted by Gasteiger charge is -1.99. The Bertz CT molecular complexity index is 132. The van der Waals surface area contributed by atoms with Crippen LogP contribution >= 0.6 is 0 Å². The zero-order chi connectivity index (χ0) is 9.23. The molecule has 0 amide bonds. The molecule has 0 aromatic heterocycles. The second-order valence-corrected chi connectivity index (χ2v) is 2.51. The average molecular weight is 171 g/mol. The van der Waals surface area contributed by atoms with Crippen LogP contribution in [0.5, 0.6) is 0 Å². The maximum Gasteiger partial charge on any atom is 0.305 e. The first-order valence-corrected chi connectivity index (χ1v) is 4.32. The van der Waals surface area contributed by atoms with Gasteiger partial charge < -0.3 is 4.74 Å². The van der Waals surface area contributed by atoms with Gasteiger partial charge in [0.15, 0.2) is 6.29 Å². The number of esters is 1. The molecule has 0 aromatic carbocycles. The summed E-state index contributed by atoms with van der Waals surface area (Å²) in [6.45, 7) is 2.24. The summed E-state index contributed by atoms with van der Waals surface area (Å²) in [6.07, 6.45) is 5.28. The predicted molar refractivity (Wildman–Crippen MR) is 45.4 cm³/mol. The second kappa shape index (κ2) is 8.24. The smallest absolute Gasteiger partial charge is 0.305 e. The summed E-state index contributed by atoms with van der Waals surface area (Å²) in [5.41, 5.74) is 0. The lowest BCUT2D eigenvalue weighted by atomic mass is 10.1. The summed E-state index contributed by atoms with van der Waals surface area (Å²) in [4.78, 5) is 20.6. The molecule has 0 unspecified atom stereocenters. The van der Waals surface area contributed by atoms with Crippen LogP contribution in [0.3, 0.4) is 0 Å². The normalized spacial score (nSPS) is 9.42. The van der Waals surface area contributed by atoms with Crippen LogP contribution in [0.2, 0.25) is 0 Å². The van der Waals surface area contributed by atoms with Crippen molar-refractivity contribution in [1.29, 1.82) is 0 Å². The molecule has 0 aliphatic carbocycles. The van der Waals surface area contributed by atoms with Crippen molar-refractivity contribution in [2.75, 3.05) is 6.61 Å². The fourth-order valence-corrected chi connectivity index (χ4v) is 0.876. The predicted octanol–water partition coefficient (Wildman–Crippen LogP) is 1.61. The van der Waals surface area contributed by atoms with E-state index in [0.29, 0.717) is 19.4 Å². The highest BCUT2D eigenvalue weighted by atomic mass is 16.5. The van der Waals surface area contributed by atoms with Crippen molar-refractivity contribution in [3.8, 4) is 0 Å². The van der Waals surface area contributed by atoms with E-state index in [9.17, 15) is 9.59 Å². The molecular weight excluding hydrogens is 156 g/mol. The zero-order valence-electron chi connectivity index (χ0n) is 7.47. The fraction of sp³-hybridized carbons (Fsp3) is 0.778. The number of hydrogen-bond acceptors (Lipinski definition) is 3. The molecule has 0 saturated carbocycles. The molecule has 3 heteroatoms. The third-order valence-corrected chi connectivity index (χ3v) is 1.47. The Balaban J connectivity index is 3.08. The van der Waals surface area contributed by atoms with Crippen LogP contribution in [0.1, 0.15) is 39.0 Å². The monoisotopic (exact) mass is 171 g/mol. The molecule has 0 atom stereocenters. The van der Waals surface area contributed by atoms with E-state index in [1.165, 1.54) is 0 Å². The summed E-state index contributed by atoms with van der Waals surface area (Å²) in [5, 5.41) is 0. The summed E-state index contributed by atoms with van der Waals surface area (Å²) < 4.78 is 4.73. The van der Waals surface area contributed by atoms with Gasteiger partial charge in [0.05, 0.1) is 6.61 Å².